The molecule has 4 atom stereocenters. The summed E-state index contributed by atoms with van der Waals surface area (Å²) < 4.78 is 0. The zero-order valence-electron chi connectivity index (χ0n) is 8.61. The van der Waals surface area contributed by atoms with E-state index in [9.17, 15) is 0 Å². The van der Waals surface area contributed by atoms with Crippen LogP contribution in [-0.2, 0) is 0 Å². The maximum atomic E-state index is 8.97. The first-order valence-electron chi connectivity index (χ1n) is 5.58. The van der Waals surface area contributed by atoms with E-state index in [2.05, 4.69) is 17.0 Å². The van der Waals surface area contributed by atoms with E-state index < -0.39 is 0 Å². The molecule has 0 N–H and O–H groups in total. The number of allylic oxidation sites excluding steroid dienone is 1. The lowest BCUT2D eigenvalue weighted by molar-refractivity contribution is 0.0245. The topological polar surface area (TPSA) is 50.8 Å². The summed E-state index contributed by atoms with van der Waals surface area (Å²) in [5.74, 6) is 1.83. The Kier molecular flexibility index (Phi) is 1.84. The van der Waals surface area contributed by atoms with Crippen LogP contribution in [0.25, 0.3) is 0 Å². The van der Waals surface area contributed by atoms with Gasteiger partial charge in [-0.05, 0) is 36.2 Å². The minimum Gasteiger partial charge on any atom is -0.302 e. The van der Waals surface area contributed by atoms with Gasteiger partial charge in [0.05, 0.1) is 0 Å². The molecule has 76 valence electrons. The molecule has 3 heterocycles. The minimum atomic E-state index is 0.407. The molecule has 1 aliphatic carbocycles. The Balaban J connectivity index is 2.03. The third-order valence-corrected chi connectivity index (χ3v) is 4.10. The van der Waals surface area contributed by atoms with Gasteiger partial charge in [-0.1, -0.05) is 0 Å². The lowest BCUT2D eigenvalue weighted by atomic mass is 9.64. The Hall–Kier alpha value is -1.32. The van der Waals surface area contributed by atoms with Gasteiger partial charge in [0.2, 0.25) is 0 Å². The first kappa shape index (κ1) is 8.95. The van der Waals surface area contributed by atoms with Gasteiger partial charge in [-0.15, -0.1) is 0 Å². The summed E-state index contributed by atoms with van der Waals surface area (Å²) in [6, 6.07) is 4.16. The summed E-state index contributed by atoms with van der Waals surface area (Å²) in [6.45, 7) is 3.40. The summed E-state index contributed by atoms with van der Waals surface area (Å²) in [6.07, 6.45) is 2.41. The maximum Gasteiger partial charge on any atom is 0.129 e. The van der Waals surface area contributed by atoms with Crippen molar-refractivity contribution in [2.24, 2.45) is 17.8 Å². The molecule has 1 saturated carbocycles. The van der Waals surface area contributed by atoms with E-state index >= 15 is 0 Å². The minimum absolute atomic E-state index is 0.407. The number of hydrogen-bond acceptors (Lipinski definition) is 3. The maximum absolute atomic E-state index is 8.97. The van der Waals surface area contributed by atoms with E-state index in [-0.39, 0.29) is 0 Å². The molecule has 0 aromatic carbocycles. The molecule has 2 unspecified atom stereocenters. The van der Waals surface area contributed by atoms with Crippen molar-refractivity contribution in [3.63, 3.8) is 0 Å². The highest BCUT2D eigenvalue weighted by Gasteiger charge is 2.45. The zero-order valence-corrected chi connectivity index (χ0v) is 8.61. The Morgan fingerprint density at radius 1 is 1.07 bits per heavy atom. The normalized spacial score (nSPS) is 41.1. The molecule has 4 rings (SSSR count). The Bertz CT molecular complexity index is 362. The lowest BCUT2D eigenvalue weighted by Gasteiger charge is -2.53. The molecule has 0 aromatic rings. The van der Waals surface area contributed by atoms with E-state index in [0.29, 0.717) is 17.4 Å². The van der Waals surface area contributed by atoms with Crippen molar-refractivity contribution in [1.29, 1.82) is 10.5 Å². The molecule has 3 heteroatoms. The van der Waals surface area contributed by atoms with Crippen LogP contribution in [0.3, 0.4) is 0 Å². The Labute approximate surface area is 89.6 Å². The molecule has 3 saturated heterocycles. The molecule has 0 amide bonds. The molecule has 4 bridgehead atoms. The molecular formula is C12H13N3. The van der Waals surface area contributed by atoms with Crippen LogP contribution in [0.15, 0.2) is 11.1 Å². The Morgan fingerprint density at radius 2 is 1.67 bits per heavy atom. The molecule has 0 aromatic heterocycles. The fourth-order valence-electron chi connectivity index (χ4n) is 3.76. The average Bonchev–Trinajstić information content (AvgIpc) is 2.22. The highest BCUT2D eigenvalue weighted by atomic mass is 15.2. The first-order valence-corrected chi connectivity index (χ1v) is 5.58. The number of nitrogens with zero attached hydrogens (tertiary/aromatic N) is 3. The number of piperidine rings is 3. The average molecular weight is 199 g/mol. The summed E-state index contributed by atoms with van der Waals surface area (Å²) >= 11 is 0. The molecule has 4 aliphatic rings. The van der Waals surface area contributed by atoms with Gasteiger partial charge < -0.3 is 4.90 Å². The van der Waals surface area contributed by atoms with Crippen LogP contribution < -0.4 is 0 Å². The van der Waals surface area contributed by atoms with Crippen LogP contribution in [0.4, 0.5) is 0 Å². The number of hydrogen-bond donors (Lipinski definition) is 0. The van der Waals surface area contributed by atoms with Crippen molar-refractivity contribution in [2.75, 3.05) is 19.6 Å². The van der Waals surface area contributed by atoms with E-state index in [1.165, 1.54) is 25.0 Å². The summed E-state index contributed by atoms with van der Waals surface area (Å²) in [7, 11) is 0. The number of nitriles is 2. The van der Waals surface area contributed by atoms with Gasteiger partial charge >= 0.3 is 0 Å². The molecule has 0 radical (unpaired) electrons. The predicted molar refractivity (Wildman–Crippen MR) is 54.4 cm³/mol. The second-order valence-corrected chi connectivity index (χ2v) is 5.00. The van der Waals surface area contributed by atoms with Crippen molar-refractivity contribution < 1.29 is 0 Å². The van der Waals surface area contributed by atoms with Crippen molar-refractivity contribution in [3.8, 4) is 12.1 Å². The summed E-state index contributed by atoms with van der Waals surface area (Å²) in [5.41, 5.74) is 1.59. The van der Waals surface area contributed by atoms with Gasteiger partial charge in [0, 0.05) is 19.6 Å². The molecule has 3 nitrogen and oxygen atoms in total. The van der Waals surface area contributed by atoms with E-state index in [0.717, 1.165) is 19.0 Å². The molecular weight excluding hydrogens is 186 g/mol. The fourth-order valence-corrected chi connectivity index (χ4v) is 3.76. The molecule has 4 fully saturated rings. The highest BCUT2D eigenvalue weighted by molar-refractivity contribution is 5.44. The van der Waals surface area contributed by atoms with E-state index in [4.69, 9.17) is 10.5 Å². The standard InChI is InChI=1S/C12H13N3/c13-3-11(4-14)12-9-1-8-2-10(12)7-15(5-8)6-9/h8-10H,1-2,5-7H2/t8?,9-,10+. The molecule has 0 spiro atoms. The second-order valence-electron chi connectivity index (χ2n) is 5.00. The third-order valence-electron chi connectivity index (χ3n) is 4.10. The highest BCUT2D eigenvalue weighted by Crippen LogP contribution is 2.47. The van der Waals surface area contributed by atoms with Crippen LogP contribution >= 0.6 is 0 Å². The first-order chi connectivity index (χ1) is 7.31. The zero-order chi connectivity index (χ0) is 10.4. The Morgan fingerprint density at radius 3 is 2.13 bits per heavy atom. The molecule has 3 aliphatic heterocycles. The summed E-state index contributed by atoms with van der Waals surface area (Å²) in [5, 5.41) is 17.9. The monoisotopic (exact) mass is 199 g/mol. The number of rotatable bonds is 0. The van der Waals surface area contributed by atoms with E-state index in [1.807, 2.05) is 0 Å². The van der Waals surface area contributed by atoms with Gasteiger partial charge in [-0.2, -0.15) is 10.5 Å². The van der Waals surface area contributed by atoms with Crippen LogP contribution in [-0.4, -0.2) is 24.5 Å². The second kappa shape index (κ2) is 3.08. The van der Waals surface area contributed by atoms with Crippen molar-refractivity contribution in [3.05, 3.63) is 11.1 Å². The SMILES string of the molecule is N#CC(C#N)=C1[C@@H]2CC3C[C@H]1CN(C3)C2. The van der Waals surface area contributed by atoms with Gasteiger partial charge in [0.15, 0.2) is 0 Å². The van der Waals surface area contributed by atoms with Gasteiger partial charge in [0.25, 0.3) is 0 Å². The largest absolute Gasteiger partial charge is 0.302 e. The smallest absolute Gasteiger partial charge is 0.129 e. The van der Waals surface area contributed by atoms with Crippen LogP contribution in [0.5, 0.6) is 0 Å². The van der Waals surface area contributed by atoms with Crippen molar-refractivity contribution in [2.45, 2.75) is 12.8 Å². The van der Waals surface area contributed by atoms with Gasteiger partial charge in [-0.3, -0.25) is 0 Å². The lowest BCUT2D eigenvalue weighted by Crippen LogP contribution is -2.54. The van der Waals surface area contributed by atoms with Crippen LogP contribution in [0.1, 0.15) is 12.8 Å². The van der Waals surface area contributed by atoms with Crippen molar-refractivity contribution in [1.82, 2.24) is 4.90 Å². The van der Waals surface area contributed by atoms with Crippen LogP contribution in [0, 0.1) is 40.4 Å². The molecule has 15 heavy (non-hydrogen) atoms. The fraction of sp³-hybridized carbons (Fsp3) is 0.667. The third kappa shape index (κ3) is 1.20. The quantitative estimate of drug-likeness (QED) is 0.552. The van der Waals surface area contributed by atoms with Crippen molar-refractivity contribution >= 4 is 0 Å². The van der Waals surface area contributed by atoms with Gasteiger partial charge in [-0.25, -0.2) is 0 Å². The predicted octanol–water partition coefficient (Wildman–Crippen LogP) is 1.30. The summed E-state index contributed by atoms with van der Waals surface area (Å²) in [4.78, 5) is 2.50. The van der Waals surface area contributed by atoms with E-state index in [1.54, 1.807) is 0 Å². The van der Waals surface area contributed by atoms with Crippen LogP contribution in [0.2, 0.25) is 0 Å². The van der Waals surface area contributed by atoms with Gasteiger partial charge in [0.1, 0.15) is 17.7 Å².